The quantitative estimate of drug-likeness (QED) is 0.281. The van der Waals surface area contributed by atoms with Crippen LogP contribution < -0.4 is 173 Å². The van der Waals surface area contributed by atoms with Crippen LogP contribution in [0.5, 0.6) is 0 Å². The van der Waals surface area contributed by atoms with Crippen LogP contribution in [0.3, 0.4) is 0 Å². The summed E-state index contributed by atoms with van der Waals surface area (Å²) in [7, 11) is -4.64. The van der Waals surface area contributed by atoms with Gasteiger partial charge in [-0.25, -0.2) is 4.57 Å². The van der Waals surface area contributed by atoms with Gasteiger partial charge >= 0.3 is 181 Å². The van der Waals surface area contributed by atoms with Crippen molar-refractivity contribution in [3.63, 3.8) is 0 Å². The van der Waals surface area contributed by atoms with E-state index in [0.29, 0.717) is 0 Å². The molecular formula is H3K3LiO4P+4. The van der Waals surface area contributed by atoms with Crippen LogP contribution in [0.4, 0.5) is 0 Å². The summed E-state index contributed by atoms with van der Waals surface area (Å²) in [5.74, 6) is 0. The Morgan fingerprint density at radius 2 is 0.889 bits per heavy atom. The summed E-state index contributed by atoms with van der Waals surface area (Å²) < 4.78 is 8.88. The SMILES string of the molecule is O=P(O)(O)O.[K+].[K+].[K+].[Li+]. The van der Waals surface area contributed by atoms with E-state index >= 15 is 0 Å². The molecule has 0 fully saturated rings. The second-order valence-electron chi connectivity index (χ2n) is 0.513. The molecule has 0 spiro atoms. The van der Waals surface area contributed by atoms with E-state index in [1.54, 1.807) is 0 Å². The molecule has 9 heteroatoms. The third kappa shape index (κ3) is 58.2. The van der Waals surface area contributed by atoms with E-state index < -0.39 is 7.82 Å². The van der Waals surface area contributed by atoms with Crippen LogP contribution in [0.2, 0.25) is 0 Å². The van der Waals surface area contributed by atoms with Gasteiger partial charge in [-0.2, -0.15) is 0 Å². The van der Waals surface area contributed by atoms with Gasteiger partial charge in [0, 0.05) is 0 Å². The molecule has 0 rings (SSSR count). The summed E-state index contributed by atoms with van der Waals surface area (Å²) in [4.78, 5) is 21.6. The van der Waals surface area contributed by atoms with E-state index in [4.69, 9.17) is 19.2 Å². The van der Waals surface area contributed by atoms with Gasteiger partial charge < -0.3 is 14.7 Å². The Kier molecular flexibility index (Phi) is 52.3. The normalized spacial score (nSPS) is 6.56. The molecule has 0 saturated heterocycles. The number of hydrogen-bond donors (Lipinski definition) is 3. The molecule has 32 valence electrons. The largest absolute Gasteiger partial charge is 1.00 e. The molecule has 0 heterocycles. The average Bonchev–Trinajstić information content (AvgIpc) is 0.722. The summed E-state index contributed by atoms with van der Waals surface area (Å²) in [6, 6.07) is 0. The average molecular weight is 222 g/mol. The van der Waals surface area contributed by atoms with Crippen LogP contribution in [0, 0.1) is 0 Å². The summed E-state index contributed by atoms with van der Waals surface area (Å²) in [5.41, 5.74) is 0. The van der Waals surface area contributed by atoms with Gasteiger partial charge in [-0.3, -0.25) is 0 Å². The molecule has 0 bridgehead atoms. The van der Waals surface area contributed by atoms with Crippen molar-refractivity contribution in [1.82, 2.24) is 0 Å². The molecule has 0 aliphatic heterocycles. The summed E-state index contributed by atoms with van der Waals surface area (Å²) in [6.45, 7) is 0. The van der Waals surface area contributed by atoms with Crippen molar-refractivity contribution < 1.29 is 192 Å². The Bertz CT molecular complexity index is 61.9. The second kappa shape index (κ2) is 16.1. The molecule has 4 nitrogen and oxygen atoms in total. The van der Waals surface area contributed by atoms with Crippen molar-refractivity contribution in [2.45, 2.75) is 0 Å². The molecule has 0 radical (unpaired) electrons. The van der Waals surface area contributed by atoms with Gasteiger partial charge in [0.25, 0.3) is 0 Å². The topological polar surface area (TPSA) is 77.8 Å². The number of phosphoric acid groups is 1. The summed E-state index contributed by atoms with van der Waals surface area (Å²) >= 11 is 0. The Morgan fingerprint density at radius 1 is 0.889 bits per heavy atom. The molecule has 0 aliphatic rings. The fourth-order valence-electron chi connectivity index (χ4n) is 0. The maximum Gasteiger partial charge on any atom is 1.00 e. The fraction of sp³-hybridized carbons (Fsp3) is 0. The molecular weight excluding hydrogens is 219 g/mol. The minimum Gasteiger partial charge on any atom is -0.303 e. The van der Waals surface area contributed by atoms with E-state index in [-0.39, 0.29) is 173 Å². The Morgan fingerprint density at radius 3 is 0.889 bits per heavy atom. The predicted molar refractivity (Wildman–Crippen MR) is 14.3 cm³/mol. The minimum absolute atomic E-state index is 0. The van der Waals surface area contributed by atoms with Crippen LogP contribution >= 0.6 is 7.82 Å². The Labute approximate surface area is 193 Å². The fourth-order valence-corrected chi connectivity index (χ4v) is 0. The standard InChI is InChI=1S/3K.Li.H3O4P/c;;;;1-5(2,3)4/h;;;;(H3,1,2,3,4)/q4*+1;. The van der Waals surface area contributed by atoms with Gasteiger partial charge in [0.05, 0.1) is 0 Å². The number of rotatable bonds is 0. The minimum atomic E-state index is -4.64. The molecule has 0 aromatic carbocycles. The molecule has 0 amide bonds. The van der Waals surface area contributed by atoms with Gasteiger partial charge in [0.1, 0.15) is 0 Å². The van der Waals surface area contributed by atoms with E-state index in [2.05, 4.69) is 0 Å². The van der Waals surface area contributed by atoms with Crippen LogP contribution in [-0.4, -0.2) is 14.7 Å². The maximum absolute atomic E-state index is 8.88. The Hall–Kier alpha value is 5.62. The van der Waals surface area contributed by atoms with Gasteiger partial charge in [-0.05, 0) is 0 Å². The van der Waals surface area contributed by atoms with Crippen molar-refractivity contribution >= 4 is 7.82 Å². The zero-order chi connectivity index (χ0) is 4.50. The second-order valence-corrected chi connectivity index (χ2v) is 1.54. The molecule has 0 atom stereocenters. The van der Waals surface area contributed by atoms with Gasteiger partial charge in [0.2, 0.25) is 0 Å². The van der Waals surface area contributed by atoms with E-state index in [0.717, 1.165) is 0 Å². The van der Waals surface area contributed by atoms with Crippen molar-refractivity contribution in [2.75, 3.05) is 0 Å². The van der Waals surface area contributed by atoms with Crippen LogP contribution in [0.15, 0.2) is 0 Å². The summed E-state index contributed by atoms with van der Waals surface area (Å²) in [5, 5.41) is 0. The van der Waals surface area contributed by atoms with E-state index in [1.807, 2.05) is 0 Å². The zero-order valence-corrected chi connectivity index (χ0v) is 16.5. The third-order valence-electron chi connectivity index (χ3n) is 0. The van der Waals surface area contributed by atoms with E-state index in [1.165, 1.54) is 0 Å². The predicted octanol–water partition coefficient (Wildman–Crippen LogP) is -12.9. The Balaban J connectivity index is -0.0000000133. The van der Waals surface area contributed by atoms with E-state index in [9.17, 15) is 0 Å². The van der Waals surface area contributed by atoms with Gasteiger partial charge in [-0.1, -0.05) is 0 Å². The maximum atomic E-state index is 8.88. The van der Waals surface area contributed by atoms with Crippen molar-refractivity contribution in [3.8, 4) is 0 Å². The van der Waals surface area contributed by atoms with Crippen molar-refractivity contribution in [2.24, 2.45) is 0 Å². The molecule has 9 heavy (non-hydrogen) atoms. The molecule has 0 aromatic rings. The van der Waals surface area contributed by atoms with Crippen LogP contribution in [0.25, 0.3) is 0 Å². The molecule has 3 N–H and O–H groups in total. The number of hydrogen-bond acceptors (Lipinski definition) is 1. The summed E-state index contributed by atoms with van der Waals surface area (Å²) in [6.07, 6.45) is 0. The molecule has 0 saturated carbocycles. The van der Waals surface area contributed by atoms with Crippen molar-refractivity contribution in [1.29, 1.82) is 0 Å². The van der Waals surface area contributed by atoms with Gasteiger partial charge in [-0.15, -0.1) is 0 Å². The molecule has 0 aliphatic carbocycles. The monoisotopic (exact) mass is 222 g/mol. The third-order valence-corrected chi connectivity index (χ3v) is 0. The smallest absolute Gasteiger partial charge is 0.303 e. The van der Waals surface area contributed by atoms with Crippen molar-refractivity contribution in [3.05, 3.63) is 0 Å². The first kappa shape index (κ1) is 29.3. The molecule has 0 unspecified atom stereocenters. The van der Waals surface area contributed by atoms with Crippen LogP contribution in [0.1, 0.15) is 0 Å². The van der Waals surface area contributed by atoms with Gasteiger partial charge in [0.15, 0.2) is 0 Å². The first-order valence-electron chi connectivity index (χ1n) is 0.783. The molecule has 0 aromatic heterocycles. The zero-order valence-electron chi connectivity index (χ0n) is 6.20. The first-order valence-corrected chi connectivity index (χ1v) is 2.35. The van der Waals surface area contributed by atoms with Crippen LogP contribution in [-0.2, 0) is 4.57 Å². The first-order chi connectivity index (χ1) is 2.00.